The molecule has 3 rings (SSSR count). The molecule has 0 aliphatic heterocycles. The van der Waals surface area contributed by atoms with Gasteiger partial charge in [0, 0.05) is 17.9 Å². The monoisotopic (exact) mass is 354 g/mol. The van der Waals surface area contributed by atoms with Crippen LogP contribution in [-0.2, 0) is 14.8 Å². The molecule has 0 saturated heterocycles. The quantitative estimate of drug-likeness (QED) is 0.797. The van der Waals surface area contributed by atoms with E-state index in [4.69, 9.17) is 0 Å². The van der Waals surface area contributed by atoms with Gasteiger partial charge in [-0.1, -0.05) is 6.42 Å². The molecular formula is C16H22N2O3S2. The van der Waals surface area contributed by atoms with Crippen LogP contribution >= 0.6 is 11.8 Å². The van der Waals surface area contributed by atoms with Crippen LogP contribution in [-0.4, -0.2) is 26.6 Å². The maximum absolute atomic E-state index is 12.7. The zero-order chi connectivity index (χ0) is 16.6. The third-order valence-corrected chi connectivity index (χ3v) is 7.12. The Morgan fingerprint density at radius 2 is 2.04 bits per heavy atom. The molecule has 1 aromatic carbocycles. The third kappa shape index (κ3) is 3.56. The predicted molar refractivity (Wildman–Crippen MR) is 92.1 cm³/mol. The summed E-state index contributed by atoms with van der Waals surface area (Å²) in [6, 6.07) is 4.95. The lowest BCUT2D eigenvalue weighted by molar-refractivity contribution is -0.114. The van der Waals surface area contributed by atoms with Crippen molar-refractivity contribution in [1.29, 1.82) is 0 Å². The Bertz CT molecular complexity index is 718. The zero-order valence-corrected chi connectivity index (χ0v) is 15.0. The molecule has 1 amide bonds. The van der Waals surface area contributed by atoms with Crippen LogP contribution in [0.25, 0.3) is 0 Å². The molecule has 2 aliphatic carbocycles. The van der Waals surface area contributed by atoms with Gasteiger partial charge in [0.25, 0.3) is 0 Å². The highest BCUT2D eigenvalue weighted by Crippen LogP contribution is 2.44. The van der Waals surface area contributed by atoms with Crippen molar-refractivity contribution in [2.45, 2.75) is 48.4 Å². The Hall–Kier alpha value is -1.05. The molecule has 23 heavy (non-hydrogen) atoms. The van der Waals surface area contributed by atoms with Gasteiger partial charge in [-0.3, -0.25) is 4.79 Å². The molecular weight excluding hydrogens is 332 g/mol. The largest absolute Gasteiger partial charge is 0.325 e. The summed E-state index contributed by atoms with van der Waals surface area (Å²) in [5.41, 5.74) is 0.542. The summed E-state index contributed by atoms with van der Waals surface area (Å²) in [6.45, 7) is 1.42. The molecule has 3 atom stereocenters. The fourth-order valence-corrected chi connectivity index (χ4v) is 5.68. The zero-order valence-electron chi connectivity index (χ0n) is 13.3. The molecule has 2 saturated carbocycles. The standard InChI is InChI=1S/C16H22N2O3S2/c1-10(19)17-15-9-13(5-6-16(15)22-2)23(20,21)18-14-8-11-3-4-12(14)7-11/h5-6,9,11-12,14,18H,3-4,7-8H2,1-2H3,(H,17,19)/t11-,12+,14-/m0/s1. The number of amides is 1. The normalized spacial score (nSPS) is 26.4. The summed E-state index contributed by atoms with van der Waals surface area (Å²) < 4.78 is 28.2. The maximum atomic E-state index is 12.7. The minimum atomic E-state index is -3.56. The maximum Gasteiger partial charge on any atom is 0.240 e. The van der Waals surface area contributed by atoms with E-state index in [0.717, 1.165) is 24.2 Å². The highest BCUT2D eigenvalue weighted by Gasteiger charge is 2.41. The second-order valence-electron chi connectivity index (χ2n) is 6.45. The first-order valence-corrected chi connectivity index (χ1v) is 10.6. The number of anilines is 1. The molecule has 0 spiro atoms. The fraction of sp³-hybridized carbons (Fsp3) is 0.562. The second kappa shape index (κ2) is 6.45. The summed E-state index contributed by atoms with van der Waals surface area (Å²) >= 11 is 1.47. The first-order chi connectivity index (χ1) is 10.9. The highest BCUT2D eigenvalue weighted by molar-refractivity contribution is 7.98. The number of carbonyl (C=O) groups is 1. The number of sulfonamides is 1. The van der Waals surface area contributed by atoms with Gasteiger partial charge >= 0.3 is 0 Å². The number of rotatable bonds is 5. The van der Waals surface area contributed by atoms with E-state index < -0.39 is 10.0 Å². The van der Waals surface area contributed by atoms with Crippen LogP contribution in [0.15, 0.2) is 28.0 Å². The van der Waals surface area contributed by atoms with Crippen molar-refractivity contribution in [2.24, 2.45) is 11.8 Å². The smallest absolute Gasteiger partial charge is 0.240 e. The van der Waals surface area contributed by atoms with Gasteiger partial charge in [0.05, 0.1) is 10.6 Å². The minimum Gasteiger partial charge on any atom is -0.325 e. The van der Waals surface area contributed by atoms with Crippen molar-refractivity contribution in [3.05, 3.63) is 18.2 Å². The molecule has 1 aromatic rings. The minimum absolute atomic E-state index is 0.0585. The third-order valence-electron chi connectivity index (χ3n) is 4.84. The van der Waals surface area contributed by atoms with Crippen LogP contribution < -0.4 is 10.0 Å². The Kier molecular flexibility index (Phi) is 4.71. The molecule has 2 fully saturated rings. The van der Waals surface area contributed by atoms with Crippen molar-refractivity contribution >= 4 is 33.4 Å². The molecule has 126 valence electrons. The Balaban J connectivity index is 1.83. The summed E-state index contributed by atoms with van der Waals surface area (Å²) in [6.07, 6.45) is 6.35. The van der Waals surface area contributed by atoms with Gasteiger partial charge < -0.3 is 5.32 Å². The first-order valence-electron chi connectivity index (χ1n) is 7.87. The van der Waals surface area contributed by atoms with Gasteiger partial charge in [0.15, 0.2) is 0 Å². The molecule has 0 aromatic heterocycles. The first kappa shape index (κ1) is 16.8. The molecule has 2 N–H and O–H groups in total. The molecule has 0 unspecified atom stereocenters. The van der Waals surface area contributed by atoms with E-state index in [2.05, 4.69) is 10.0 Å². The number of fused-ring (bicyclic) bond motifs is 2. The van der Waals surface area contributed by atoms with Crippen molar-refractivity contribution in [2.75, 3.05) is 11.6 Å². The summed E-state index contributed by atoms with van der Waals surface area (Å²) in [7, 11) is -3.56. The predicted octanol–water partition coefficient (Wildman–Crippen LogP) is 2.83. The lowest BCUT2D eigenvalue weighted by Gasteiger charge is -2.23. The van der Waals surface area contributed by atoms with Crippen molar-refractivity contribution < 1.29 is 13.2 Å². The lowest BCUT2D eigenvalue weighted by Crippen LogP contribution is -2.38. The molecule has 7 heteroatoms. The Morgan fingerprint density at radius 3 is 2.61 bits per heavy atom. The van der Waals surface area contributed by atoms with Gasteiger partial charge in [-0.15, -0.1) is 11.8 Å². The van der Waals surface area contributed by atoms with Crippen LogP contribution in [0.4, 0.5) is 5.69 Å². The SMILES string of the molecule is CSc1ccc(S(=O)(=O)N[C@H]2C[C@H]3CC[C@@H]2C3)cc1NC(C)=O. The number of benzene rings is 1. The number of hydrogen-bond acceptors (Lipinski definition) is 4. The van der Waals surface area contributed by atoms with Crippen LogP contribution in [0.1, 0.15) is 32.6 Å². The van der Waals surface area contributed by atoms with Gasteiger partial charge in [0.1, 0.15) is 0 Å². The van der Waals surface area contributed by atoms with Crippen LogP contribution in [0.5, 0.6) is 0 Å². The fourth-order valence-electron chi connectivity index (χ4n) is 3.80. The highest BCUT2D eigenvalue weighted by atomic mass is 32.2. The van der Waals surface area contributed by atoms with Gasteiger partial charge in [-0.05, 0) is 55.6 Å². The van der Waals surface area contributed by atoms with Crippen molar-refractivity contribution in [1.82, 2.24) is 4.72 Å². The van der Waals surface area contributed by atoms with Gasteiger partial charge in [-0.25, -0.2) is 13.1 Å². The van der Waals surface area contributed by atoms with E-state index in [9.17, 15) is 13.2 Å². The Labute approximate surface area is 141 Å². The summed E-state index contributed by atoms with van der Waals surface area (Å²) in [5.74, 6) is 0.951. The van der Waals surface area contributed by atoms with E-state index in [1.807, 2.05) is 6.26 Å². The van der Waals surface area contributed by atoms with Gasteiger partial charge in [-0.2, -0.15) is 0 Å². The van der Waals surface area contributed by atoms with Gasteiger partial charge in [0.2, 0.25) is 15.9 Å². The average Bonchev–Trinajstić information content (AvgIpc) is 3.08. The molecule has 2 aliphatic rings. The average molecular weight is 354 g/mol. The second-order valence-corrected chi connectivity index (χ2v) is 9.01. The molecule has 0 heterocycles. The Morgan fingerprint density at radius 1 is 1.26 bits per heavy atom. The molecule has 5 nitrogen and oxygen atoms in total. The molecule has 2 bridgehead atoms. The van der Waals surface area contributed by atoms with E-state index >= 15 is 0 Å². The number of carbonyl (C=O) groups excluding carboxylic acids is 1. The van der Waals surface area contributed by atoms with Crippen LogP contribution in [0.3, 0.4) is 0 Å². The van der Waals surface area contributed by atoms with Crippen molar-refractivity contribution in [3.63, 3.8) is 0 Å². The number of thioether (sulfide) groups is 1. The lowest BCUT2D eigenvalue weighted by atomic mass is 9.96. The van der Waals surface area contributed by atoms with Crippen molar-refractivity contribution in [3.8, 4) is 0 Å². The summed E-state index contributed by atoms with van der Waals surface area (Å²) in [4.78, 5) is 12.4. The van der Waals surface area contributed by atoms with E-state index in [1.54, 1.807) is 18.2 Å². The van der Waals surface area contributed by atoms with Crippen LogP contribution in [0.2, 0.25) is 0 Å². The summed E-state index contributed by atoms with van der Waals surface area (Å²) in [5, 5.41) is 2.71. The number of hydrogen-bond donors (Lipinski definition) is 2. The van der Waals surface area contributed by atoms with E-state index in [1.165, 1.54) is 25.1 Å². The van der Waals surface area contributed by atoms with E-state index in [-0.39, 0.29) is 16.8 Å². The topological polar surface area (TPSA) is 75.3 Å². The molecule has 0 radical (unpaired) electrons. The number of nitrogens with one attached hydrogen (secondary N) is 2. The van der Waals surface area contributed by atoms with Crippen LogP contribution in [0, 0.1) is 11.8 Å². The van der Waals surface area contributed by atoms with E-state index in [0.29, 0.717) is 17.5 Å².